The van der Waals surface area contributed by atoms with E-state index in [0.717, 1.165) is 29.6 Å². The number of H-pyrrole nitrogens is 1. The number of hydrogen-bond donors (Lipinski definition) is 1. The number of aryl methyl sites for hydroxylation is 1. The molecule has 0 amide bonds. The summed E-state index contributed by atoms with van der Waals surface area (Å²) in [6.45, 7) is 2.08. The summed E-state index contributed by atoms with van der Waals surface area (Å²) in [4.78, 5) is 22.6. The Morgan fingerprint density at radius 2 is 2.16 bits per heavy atom. The Morgan fingerprint density at radius 3 is 3.00 bits per heavy atom. The number of pyridine rings is 2. The normalized spacial score (nSPS) is 11.0. The average molecular weight is 255 g/mol. The maximum atomic E-state index is 11.3. The van der Waals surface area contributed by atoms with Gasteiger partial charge in [0.25, 0.3) is 0 Å². The molecule has 0 unspecified atom stereocenters. The number of fused-ring (bicyclic) bond motifs is 1. The van der Waals surface area contributed by atoms with E-state index in [1.807, 2.05) is 0 Å². The van der Waals surface area contributed by atoms with E-state index >= 15 is 0 Å². The highest BCUT2D eigenvalue weighted by atomic mass is 16.1. The topological polar surface area (TPSA) is 76.5 Å². The first-order valence-corrected chi connectivity index (χ1v) is 6.17. The Kier molecular flexibility index (Phi) is 2.83. The summed E-state index contributed by atoms with van der Waals surface area (Å²) in [5, 5.41) is 5.24. The van der Waals surface area contributed by atoms with Gasteiger partial charge in [-0.25, -0.2) is 14.6 Å². The highest BCUT2D eigenvalue weighted by Crippen LogP contribution is 2.16. The lowest BCUT2D eigenvalue weighted by Crippen LogP contribution is -2.06. The van der Waals surface area contributed by atoms with Crippen molar-refractivity contribution in [2.45, 2.75) is 19.8 Å². The fraction of sp³-hybridized carbons (Fsp3) is 0.231. The van der Waals surface area contributed by atoms with Gasteiger partial charge in [-0.1, -0.05) is 6.92 Å². The van der Waals surface area contributed by atoms with E-state index in [9.17, 15) is 4.79 Å². The second-order valence-corrected chi connectivity index (χ2v) is 4.27. The molecule has 0 saturated carbocycles. The van der Waals surface area contributed by atoms with Gasteiger partial charge in [0, 0.05) is 24.1 Å². The first-order valence-electron chi connectivity index (χ1n) is 6.17. The zero-order valence-corrected chi connectivity index (χ0v) is 10.5. The number of aromatic nitrogens is 5. The summed E-state index contributed by atoms with van der Waals surface area (Å²) >= 11 is 0. The molecule has 0 spiro atoms. The van der Waals surface area contributed by atoms with Crippen LogP contribution in [0.4, 0.5) is 0 Å². The van der Waals surface area contributed by atoms with Gasteiger partial charge in [-0.05, 0) is 18.6 Å². The molecule has 3 aromatic rings. The van der Waals surface area contributed by atoms with Gasteiger partial charge in [0.1, 0.15) is 6.33 Å². The Labute approximate surface area is 109 Å². The van der Waals surface area contributed by atoms with Gasteiger partial charge in [0.05, 0.1) is 5.52 Å². The molecule has 0 aliphatic rings. The smallest absolute Gasteiger partial charge is 0.248 e. The van der Waals surface area contributed by atoms with Crippen LogP contribution in [-0.4, -0.2) is 24.7 Å². The van der Waals surface area contributed by atoms with Crippen LogP contribution in [0.25, 0.3) is 16.7 Å². The summed E-state index contributed by atoms with van der Waals surface area (Å²) in [5.41, 5.74) is 0.611. The van der Waals surface area contributed by atoms with Crippen molar-refractivity contribution in [2.75, 3.05) is 0 Å². The molecule has 6 nitrogen and oxygen atoms in total. The van der Waals surface area contributed by atoms with Crippen LogP contribution in [0.15, 0.2) is 35.5 Å². The molecule has 0 aromatic carbocycles. The predicted octanol–water partition coefficient (Wildman–Crippen LogP) is 1.46. The molecule has 6 heteroatoms. The van der Waals surface area contributed by atoms with Crippen molar-refractivity contribution in [3.05, 3.63) is 46.9 Å². The van der Waals surface area contributed by atoms with Crippen LogP contribution in [0.1, 0.15) is 19.2 Å². The lowest BCUT2D eigenvalue weighted by molar-refractivity contribution is 0.789. The Bertz CT molecular complexity index is 774. The van der Waals surface area contributed by atoms with E-state index in [0.29, 0.717) is 5.82 Å². The van der Waals surface area contributed by atoms with E-state index in [1.165, 1.54) is 6.07 Å². The molecule has 0 saturated heterocycles. The fourth-order valence-corrected chi connectivity index (χ4v) is 1.99. The maximum Gasteiger partial charge on any atom is 0.248 e. The van der Waals surface area contributed by atoms with Crippen molar-refractivity contribution >= 4 is 10.9 Å². The molecule has 19 heavy (non-hydrogen) atoms. The van der Waals surface area contributed by atoms with Gasteiger partial charge in [-0.2, -0.15) is 0 Å². The molecule has 3 aromatic heterocycles. The van der Waals surface area contributed by atoms with Gasteiger partial charge in [-0.15, -0.1) is 5.10 Å². The average Bonchev–Trinajstić information content (AvgIpc) is 2.86. The minimum Gasteiger partial charge on any atom is -0.322 e. The first kappa shape index (κ1) is 11.6. The van der Waals surface area contributed by atoms with Crippen LogP contribution in [0, 0.1) is 0 Å². The second kappa shape index (κ2) is 4.64. The van der Waals surface area contributed by atoms with E-state index in [-0.39, 0.29) is 5.56 Å². The molecule has 1 N–H and O–H groups in total. The Hall–Kier alpha value is -2.50. The monoisotopic (exact) mass is 255 g/mol. The van der Waals surface area contributed by atoms with Crippen LogP contribution < -0.4 is 5.56 Å². The number of rotatable bonds is 3. The van der Waals surface area contributed by atoms with Crippen LogP contribution in [-0.2, 0) is 6.42 Å². The molecule has 0 radical (unpaired) electrons. The van der Waals surface area contributed by atoms with Gasteiger partial charge in [-0.3, -0.25) is 4.79 Å². The molecule has 3 rings (SSSR count). The van der Waals surface area contributed by atoms with Gasteiger partial charge in [0.15, 0.2) is 11.6 Å². The van der Waals surface area contributed by atoms with Crippen LogP contribution >= 0.6 is 0 Å². The van der Waals surface area contributed by atoms with Crippen molar-refractivity contribution in [1.82, 2.24) is 24.7 Å². The fourth-order valence-electron chi connectivity index (χ4n) is 1.99. The van der Waals surface area contributed by atoms with E-state index in [1.54, 1.807) is 29.3 Å². The molecular weight excluding hydrogens is 242 g/mol. The van der Waals surface area contributed by atoms with Crippen molar-refractivity contribution < 1.29 is 0 Å². The zero-order valence-electron chi connectivity index (χ0n) is 10.5. The third-order valence-corrected chi connectivity index (χ3v) is 2.86. The third-order valence-electron chi connectivity index (χ3n) is 2.86. The van der Waals surface area contributed by atoms with E-state index in [4.69, 9.17) is 0 Å². The largest absolute Gasteiger partial charge is 0.322 e. The first-order chi connectivity index (χ1) is 9.28. The SMILES string of the molecule is CCCc1ncn(-c2nccc3[nH]c(=O)ccc23)n1. The number of hydrogen-bond acceptors (Lipinski definition) is 4. The molecule has 0 aliphatic heterocycles. The van der Waals surface area contributed by atoms with E-state index in [2.05, 4.69) is 27.0 Å². The lowest BCUT2D eigenvalue weighted by atomic mass is 10.2. The van der Waals surface area contributed by atoms with Crippen LogP contribution in [0.5, 0.6) is 0 Å². The molecular formula is C13H13N5O. The minimum absolute atomic E-state index is 0.130. The summed E-state index contributed by atoms with van der Waals surface area (Å²) in [6.07, 6.45) is 5.14. The second-order valence-electron chi connectivity index (χ2n) is 4.27. The van der Waals surface area contributed by atoms with Gasteiger partial charge in [0.2, 0.25) is 5.56 Å². The van der Waals surface area contributed by atoms with Crippen molar-refractivity contribution in [2.24, 2.45) is 0 Å². The summed E-state index contributed by atoms with van der Waals surface area (Å²) in [5.74, 6) is 1.47. The standard InChI is InChI=1S/C13H13N5O/c1-2-3-11-15-8-18(17-11)13-9-4-5-12(19)16-10(9)6-7-14-13/h4-8H,2-3H2,1H3,(H,16,19). The Balaban J connectivity index is 2.15. The molecule has 0 bridgehead atoms. The predicted molar refractivity (Wildman–Crippen MR) is 71.3 cm³/mol. The molecule has 0 fully saturated rings. The molecule has 0 aliphatic carbocycles. The van der Waals surface area contributed by atoms with Crippen molar-refractivity contribution in [3.63, 3.8) is 0 Å². The minimum atomic E-state index is -0.130. The zero-order chi connectivity index (χ0) is 13.2. The molecule has 0 atom stereocenters. The molecule has 3 heterocycles. The highest BCUT2D eigenvalue weighted by molar-refractivity contribution is 5.84. The lowest BCUT2D eigenvalue weighted by Gasteiger charge is -2.03. The van der Waals surface area contributed by atoms with E-state index < -0.39 is 0 Å². The van der Waals surface area contributed by atoms with Crippen molar-refractivity contribution in [3.8, 4) is 5.82 Å². The number of nitrogens with one attached hydrogen (secondary N) is 1. The highest BCUT2D eigenvalue weighted by Gasteiger charge is 2.07. The summed E-state index contributed by atoms with van der Waals surface area (Å²) in [7, 11) is 0. The van der Waals surface area contributed by atoms with Crippen molar-refractivity contribution in [1.29, 1.82) is 0 Å². The number of nitrogens with zero attached hydrogens (tertiary/aromatic N) is 4. The Morgan fingerprint density at radius 1 is 1.26 bits per heavy atom. The van der Waals surface area contributed by atoms with Crippen LogP contribution in [0.2, 0.25) is 0 Å². The summed E-state index contributed by atoms with van der Waals surface area (Å²) < 4.78 is 1.64. The van der Waals surface area contributed by atoms with Gasteiger partial charge >= 0.3 is 0 Å². The maximum absolute atomic E-state index is 11.3. The molecule has 96 valence electrons. The summed E-state index contributed by atoms with van der Waals surface area (Å²) in [6, 6.07) is 5.00. The third kappa shape index (κ3) is 2.12. The number of aromatic amines is 1. The quantitative estimate of drug-likeness (QED) is 0.768. The van der Waals surface area contributed by atoms with Gasteiger partial charge < -0.3 is 4.98 Å². The van der Waals surface area contributed by atoms with Crippen LogP contribution in [0.3, 0.4) is 0 Å².